The van der Waals surface area contributed by atoms with Crippen LogP contribution in [0.15, 0.2) is 48.5 Å². The highest BCUT2D eigenvalue weighted by Crippen LogP contribution is 2.19. The molecule has 2 aromatic carbocycles. The van der Waals surface area contributed by atoms with E-state index in [0.717, 1.165) is 16.7 Å². The highest BCUT2D eigenvalue weighted by atomic mass is 35.5. The average molecular weight is 387 g/mol. The zero-order valence-corrected chi connectivity index (χ0v) is 16.9. The van der Waals surface area contributed by atoms with Gasteiger partial charge in [-0.2, -0.15) is 0 Å². The highest BCUT2D eigenvalue weighted by molar-refractivity contribution is 6.31. The maximum atomic E-state index is 13.2. The summed E-state index contributed by atoms with van der Waals surface area (Å²) in [5.41, 5.74) is 2.89. The number of carbonyl (C=O) groups is 2. The van der Waals surface area contributed by atoms with Crippen molar-refractivity contribution in [2.24, 2.45) is 0 Å². The fraction of sp³-hybridized carbons (Fsp3) is 0.364. The number of hydrogen-bond acceptors (Lipinski definition) is 2. The number of amides is 2. The molecule has 2 amide bonds. The highest BCUT2D eigenvalue weighted by Gasteiger charge is 2.28. The van der Waals surface area contributed by atoms with Gasteiger partial charge in [0.1, 0.15) is 6.04 Å². The standard InChI is InChI=1S/C22H27ClN2O2/c1-4-20(22(27)24-5-2)25(15-17-10-8-9-16(3)13-17)21(26)14-18-11-6-7-12-19(18)23/h6-13,20H,4-5,14-15H2,1-3H3,(H,24,27)/t20-/m0/s1. The van der Waals surface area contributed by atoms with E-state index in [1.54, 1.807) is 11.0 Å². The Morgan fingerprint density at radius 1 is 1.11 bits per heavy atom. The zero-order valence-electron chi connectivity index (χ0n) is 16.2. The van der Waals surface area contributed by atoms with Crippen LogP contribution in [0.25, 0.3) is 0 Å². The molecule has 0 bridgehead atoms. The molecule has 0 unspecified atom stereocenters. The van der Waals surface area contributed by atoms with Gasteiger partial charge in [-0.1, -0.05) is 66.6 Å². The Bertz CT molecular complexity index is 791. The van der Waals surface area contributed by atoms with E-state index in [2.05, 4.69) is 5.32 Å². The summed E-state index contributed by atoms with van der Waals surface area (Å²) < 4.78 is 0. The molecule has 0 aromatic heterocycles. The molecule has 2 rings (SSSR count). The van der Waals surface area contributed by atoms with Crippen molar-refractivity contribution in [3.63, 3.8) is 0 Å². The van der Waals surface area contributed by atoms with E-state index in [-0.39, 0.29) is 18.2 Å². The summed E-state index contributed by atoms with van der Waals surface area (Å²) in [4.78, 5) is 27.4. The number of nitrogens with zero attached hydrogens (tertiary/aromatic N) is 1. The van der Waals surface area contributed by atoms with E-state index in [0.29, 0.717) is 24.5 Å². The lowest BCUT2D eigenvalue weighted by Gasteiger charge is -2.31. The van der Waals surface area contributed by atoms with Gasteiger partial charge in [0.25, 0.3) is 0 Å². The number of aryl methyl sites for hydroxylation is 1. The molecule has 1 N–H and O–H groups in total. The number of halogens is 1. The number of nitrogens with one attached hydrogen (secondary N) is 1. The predicted octanol–water partition coefficient (Wildman–Crippen LogP) is 4.13. The van der Waals surface area contributed by atoms with Gasteiger partial charge in [0.2, 0.25) is 11.8 Å². The number of likely N-dealkylation sites (N-methyl/N-ethyl adjacent to an activating group) is 1. The zero-order chi connectivity index (χ0) is 19.8. The smallest absolute Gasteiger partial charge is 0.242 e. The minimum absolute atomic E-state index is 0.109. The van der Waals surface area contributed by atoms with Crippen LogP contribution in [-0.4, -0.2) is 29.3 Å². The van der Waals surface area contributed by atoms with Crippen LogP contribution in [0.5, 0.6) is 0 Å². The minimum Gasteiger partial charge on any atom is -0.355 e. The van der Waals surface area contributed by atoms with Gasteiger partial charge in [0.05, 0.1) is 6.42 Å². The normalized spacial score (nSPS) is 11.7. The summed E-state index contributed by atoms with van der Waals surface area (Å²) in [5.74, 6) is -0.233. The van der Waals surface area contributed by atoms with Crippen molar-refractivity contribution in [3.8, 4) is 0 Å². The SMILES string of the molecule is CCNC(=O)[C@H](CC)N(Cc1cccc(C)c1)C(=O)Cc1ccccc1Cl. The Morgan fingerprint density at radius 2 is 1.85 bits per heavy atom. The molecule has 4 nitrogen and oxygen atoms in total. The topological polar surface area (TPSA) is 49.4 Å². The van der Waals surface area contributed by atoms with E-state index in [4.69, 9.17) is 11.6 Å². The second kappa shape index (κ2) is 10.1. The molecule has 0 heterocycles. The summed E-state index contributed by atoms with van der Waals surface area (Å²) in [6.45, 7) is 6.74. The Labute approximate surface area is 166 Å². The van der Waals surface area contributed by atoms with Crippen LogP contribution in [0.1, 0.15) is 37.0 Å². The van der Waals surface area contributed by atoms with E-state index in [9.17, 15) is 9.59 Å². The van der Waals surface area contributed by atoms with Gasteiger partial charge in [0, 0.05) is 18.1 Å². The molecule has 1 atom stereocenters. The van der Waals surface area contributed by atoms with Gasteiger partial charge in [-0.15, -0.1) is 0 Å². The van der Waals surface area contributed by atoms with Crippen LogP contribution >= 0.6 is 11.6 Å². The van der Waals surface area contributed by atoms with Crippen LogP contribution in [0, 0.1) is 6.92 Å². The molecule has 0 saturated heterocycles. The van der Waals surface area contributed by atoms with E-state index in [1.807, 2.05) is 63.2 Å². The van der Waals surface area contributed by atoms with Crippen molar-refractivity contribution in [1.29, 1.82) is 0 Å². The van der Waals surface area contributed by atoms with Crippen molar-refractivity contribution in [1.82, 2.24) is 10.2 Å². The van der Waals surface area contributed by atoms with E-state index in [1.165, 1.54) is 0 Å². The molecule has 0 aliphatic heterocycles. The molecular weight excluding hydrogens is 360 g/mol. The van der Waals surface area contributed by atoms with E-state index >= 15 is 0 Å². The van der Waals surface area contributed by atoms with Gasteiger partial charge >= 0.3 is 0 Å². The lowest BCUT2D eigenvalue weighted by atomic mass is 10.1. The van der Waals surface area contributed by atoms with Gasteiger partial charge < -0.3 is 10.2 Å². The summed E-state index contributed by atoms with van der Waals surface area (Å²) in [7, 11) is 0. The molecule has 144 valence electrons. The number of hydrogen-bond donors (Lipinski definition) is 1. The summed E-state index contributed by atoms with van der Waals surface area (Å²) >= 11 is 6.23. The van der Waals surface area contributed by atoms with E-state index < -0.39 is 6.04 Å². The summed E-state index contributed by atoms with van der Waals surface area (Å²) in [6, 6.07) is 14.8. The Hall–Kier alpha value is -2.33. The largest absolute Gasteiger partial charge is 0.355 e. The quantitative estimate of drug-likeness (QED) is 0.741. The molecule has 2 aromatic rings. The first-order chi connectivity index (χ1) is 13.0. The number of rotatable bonds is 8. The van der Waals surface area contributed by atoms with Crippen molar-refractivity contribution >= 4 is 23.4 Å². The van der Waals surface area contributed by atoms with Crippen LogP contribution in [0.4, 0.5) is 0 Å². The second-order valence-electron chi connectivity index (χ2n) is 6.60. The first kappa shape index (κ1) is 21.0. The maximum absolute atomic E-state index is 13.2. The number of carbonyl (C=O) groups excluding carboxylic acids is 2. The van der Waals surface area contributed by atoms with Gasteiger partial charge in [-0.25, -0.2) is 0 Å². The Balaban J connectivity index is 2.30. The molecule has 0 aliphatic carbocycles. The third kappa shape index (κ3) is 5.83. The molecule has 0 spiro atoms. The molecule has 27 heavy (non-hydrogen) atoms. The van der Waals surface area contributed by atoms with Crippen LogP contribution in [0.3, 0.4) is 0 Å². The Kier molecular flexibility index (Phi) is 7.86. The molecule has 0 radical (unpaired) electrons. The average Bonchev–Trinajstić information content (AvgIpc) is 2.63. The van der Waals surface area contributed by atoms with Gasteiger partial charge in [0.15, 0.2) is 0 Å². The first-order valence-corrected chi connectivity index (χ1v) is 9.70. The number of benzene rings is 2. The minimum atomic E-state index is -0.513. The molecule has 0 aliphatic rings. The third-order valence-electron chi connectivity index (χ3n) is 4.47. The lowest BCUT2D eigenvalue weighted by molar-refractivity contribution is -0.140. The molecule has 0 saturated carbocycles. The third-order valence-corrected chi connectivity index (χ3v) is 4.84. The second-order valence-corrected chi connectivity index (χ2v) is 7.00. The van der Waals surface area contributed by atoms with Crippen LogP contribution in [-0.2, 0) is 22.6 Å². The summed E-state index contributed by atoms with van der Waals surface area (Å²) in [6.07, 6.45) is 0.716. The van der Waals surface area contributed by atoms with Crippen molar-refractivity contribution in [3.05, 3.63) is 70.2 Å². The molecular formula is C22H27ClN2O2. The molecule has 5 heteroatoms. The van der Waals surface area contributed by atoms with Crippen molar-refractivity contribution < 1.29 is 9.59 Å². The van der Waals surface area contributed by atoms with Crippen molar-refractivity contribution in [2.45, 2.75) is 46.2 Å². The molecule has 0 fully saturated rings. The lowest BCUT2D eigenvalue weighted by Crippen LogP contribution is -2.49. The Morgan fingerprint density at radius 3 is 2.48 bits per heavy atom. The van der Waals surface area contributed by atoms with Crippen LogP contribution < -0.4 is 5.32 Å². The maximum Gasteiger partial charge on any atom is 0.242 e. The fourth-order valence-corrected chi connectivity index (χ4v) is 3.33. The monoisotopic (exact) mass is 386 g/mol. The van der Waals surface area contributed by atoms with Crippen LogP contribution in [0.2, 0.25) is 5.02 Å². The summed E-state index contributed by atoms with van der Waals surface area (Å²) in [5, 5.41) is 3.41. The van der Waals surface area contributed by atoms with Gasteiger partial charge in [-0.05, 0) is 37.5 Å². The first-order valence-electron chi connectivity index (χ1n) is 9.32. The predicted molar refractivity (Wildman–Crippen MR) is 110 cm³/mol. The van der Waals surface area contributed by atoms with Crippen molar-refractivity contribution in [2.75, 3.05) is 6.54 Å². The van der Waals surface area contributed by atoms with Gasteiger partial charge in [-0.3, -0.25) is 9.59 Å². The fourth-order valence-electron chi connectivity index (χ4n) is 3.12.